The summed E-state index contributed by atoms with van der Waals surface area (Å²) >= 11 is 0. The number of anilines is 8. The summed E-state index contributed by atoms with van der Waals surface area (Å²) in [5.41, 5.74) is 17.2. The number of fused-ring (bicyclic) bond motifs is 4. The van der Waals surface area contributed by atoms with E-state index < -0.39 is 0 Å². The highest BCUT2D eigenvalue weighted by Gasteiger charge is 2.44. The molecule has 0 radical (unpaired) electrons. The number of hydrogen-bond donors (Lipinski definition) is 0. The lowest BCUT2D eigenvalue weighted by atomic mass is 9.33. The Morgan fingerprint density at radius 2 is 1.02 bits per heavy atom. The van der Waals surface area contributed by atoms with E-state index in [2.05, 4.69) is 219 Å². The third kappa shape index (κ3) is 5.75. The van der Waals surface area contributed by atoms with Crippen molar-refractivity contribution in [1.29, 1.82) is 0 Å². The summed E-state index contributed by atoms with van der Waals surface area (Å²) in [5.74, 6) is 0.934. The quantitative estimate of drug-likeness (QED) is 0.150. The molecular formula is C53H38BN7. The number of rotatable bonds is 7. The van der Waals surface area contributed by atoms with Gasteiger partial charge in [0.05, 0.1) is 18.0 Å². The molecule has 5 heterocycles. The van der Waals surface area contributed by atoms with Gasteiger partial charge >= 0.3 is 0 Å². The first kappa shape index (κ1) is 34.9. The summed E-state index contributed by atoms with van der Waals surface area (Å²) in [5, 5.41) is 4.65. The Bertz CT molecular complexity index is 3010. The van der Waals surface area contributed by atoms with Crippen molar-refractivity contribution in [3.05, 3.63) is 219 Å². The molecule has 0 fully saturated rings. The van der Waals surface area contributed by atoms with Crippen LogP contribution in [0.15, 0.2) is 219 Å². The summed E-state index contributed by atoms with van der Waals surface area (Å²) in [6, 6.07) is 67.3. The summed E-state index contributed by atoms with van der Waals surface area (Å²) in [4.78, 5) is 14.7. The molecule has 61 heavy (non-hydrogen) atoms. The molecule has 0 atom stereocenters. The Hall–Kier alpha value is -8.10. The highest BCUT2D eigenvalue weighted by molar-refractivity contribution is 7.00. The zero-order valence-electron chi connectivity index (χ0n) is 33.2. The first-order valence-electron chi connectivity index (χ1n) is 20.7. The molecule has 0 unspecified atom stereocenters. The van der Waals surface area contributed by atoms with Gasteiger partial charge in [-0.2, -0.15) is 5.10 Å². The van der Waals surface area contributed by atoms with Crippen LogP contribution in [-0.4, -0.2) is 28.1 Å². The van der Waals surface area contributed by atoms with Crippen molar-refractivity contribution < 1.29 is 0 Å². The Morgan fingerprint density at radius 1 is 0.443 bits per heavy atom. The van der Waals surface area contributed by atoms with Crippen molar-refractivity contribution in [1.82, 2.24) is 14.8 Å². The van der Waals surface area contributed by atoms with Crippen LogP contribution in [0.3, 0.4) is 0 Å². The second kappa shape index (κ2) is 14.3. The Labute approximate surface area is 355 Å². The van der Waals surface area contributed by atoms with Gasteiger partial charge in [0, 0.05) is 76.2 Å². The summed E-state index contributed by atoms with van der Waals surface area (Å²) in [7, 11) is 0. The molecule has 288 valence electrons. The zero-order valence-corrected chi connectivity index (χ0v) is 33.2. The van der Waals surface area contributed by atoms with E-state index in [1.54, 1.807) is 0 Å². The van der Waals surface area contributed by atoms with E-state index in [-0.39, 0.29) is 6.71 Å². The van der Waals surface area contributed by atoms with Crippen LogP contribution in [0.4, 0.5) is 45.6 Å². The molecule has 3 aliphatic rings. The van der Waals surface area contributed by atoms with Crippen LogP contribution >= 0.6 is 0 Å². The molecule has 0 N–H and O–H groups in total. The Morgan fingerprint density at radius 3 is 1.66 bits per heavy atom. The first-order chi connectivity index (χ1) is 30.3. The summed E-state index contributed by atoms with van der Waals surface area (Å²) in [6.45, 7) is 0.547. The first-order valence-corrected chi connectivity index (χ1v) is 20.7. The topological polar surface area (TPSA) is 43.7 Å². The van der Waals surface area contributed by atoms with Crippen LogP contribution in [0.25, 0.3) is 27.9 Å². The predicted molar refractivity (Wildman–Crippen MR) is 252 cm³/mol. The summed E-state index contributed by atoms with van der Waals surface area (Å²) in [6.07, 6.45) is 10.3. The second-order valence-electron chi connectivity index (χ2n) is 15.6. The molecule has 0 amide bonds. The van der Waals surface area contributed by atoms with Gasteiger partial charge in [-0.05, 0) is 100 Å². The molecule has 0 saturated heterocycles. The highest BCUT2D eigenvalue weighted by Crippen LogP contribution is 2.45. The molecule has 7 nitrogen and oxygen atoms in total. The average molecular weight is 784 g/mol. The molecular weight excluding hydrogens is 745 g/mol. The van der Waals surface area contributed by atoms with E-state index in [0.29, 0.717) is 6.67 Å². The minimum atomic E-state index is -0.106. The lowest BCUT2D eigenvalue weighted by Gasteiger charge is -2.43. The highest BCUT2D eigenvalue weighted by atomic mass is 15.3. The van der Waals surface area contributed by atoms with Crippen molar-refractivity contribution in [3.8, 4) is 27.9 Å². The van der Waals surface area contributed by atoms with Crippen molar-refractivity contribution in [2.24, 2.45) is 0 Å². The van der Waals surface area contributed by atoms with Gasteiger partial charge in [0.1, 0.15) is 5.82 Å². The number of aromatic nitrogens is 3. The summed E-state index contributed by atoms with van der Waals surface area (Å²) < 4.78 is 1.95. The smallest absolute Gasteiger partial charge is 0.254 e. The lowest BCUT2D eigenvalue weighted by molar-refractivity contribution is 0.881. The monoisotopic (exact) mass is 783 g/mol. The third-order valence-electron chi connectivity index (χ3n) is 12.2. The number of nitrogens with zero attached hydrogens (tertiary/aromatic N) is 7. The lowest BCUT2D eigenvalue weighted by Crippen LogP contribution is -2.61. The second-order valence-corrected chi connectivity index (χ2v) is 15.6. The molecule has 0 saturated carbocycles. The molecule has 8 heteroatoms. The minimum absolute atomic E-state index is 0.106. The van der Waals surface area contributed by atoms with Crippen LogP contribution in [0.2, 0.25) is 0 Å². The SMILES string of the molecule is C1=CN(c2c(-c3ccccc3)cccc2-c2ccccc2)CN1c1ccc2c(c1)B1c3cc(-n4cccn4)ccc3N(c3ccccc3)c3nccc(c31)N2c1ccccc1. The molecule has 0 spiro atoms. The van der Waals surface area contributed by atoms with E-state index in [9.17, 15) is 0 Å². The maximum absolute atomic E-state index is 5.21. The molecule has 2 aromatic heterocycles. The van der Waals surface area contributed by atoms with E-state index in [0.717, 1.165) is 45.6 Å². The largest absolute Gasteiger partial charge is 0.328 e. The van der Waals surface area contributed by atoms with E-state index in [1.807, 2.05) is 29.3 Å². The molecule has 0 bridgehead atoms. The van der Waals surface area contributed by atoms with Crippen molar-refractivity contribution in [2.45, 2.75) is 0 Å². The number of pyridine rings is 1. The molecule has 3 aliphatic heterocycles. The Balaban J connectivity index is 1.03. The minimum Gasteiger partial charge on any atom is -0.328 e. The number of benzene rings is 7. The maximum Gasteiger partial charge on any atom is 0.254 e. The fraction of sp³-hybridized carbons (Fsp3) is 0.0189. The number of hydrogen-bond acceptors (Lipinski definition) is 6. The number of para-hydroxylation sites is 3. The van der Waals surface area contributed by atoms with Crippen LogP contribution in [0, 0.1) is 0 Å². The van der Waals surface area contributed by atoms with Gasteiger partial charge in [-0.25, -0.2) is 9.67 Å². The maximum atomic E-state index is 5.21. The normalized spacial score (nSPS) is 13.6. The molecule has 9 aromatic rings. The zero-order chi connectivity index (χ0) is 40.3. The fourth-order valence-electron chi connectivity index (χ4n) is 9.50. The van der Waals surface area contributed by atoms with Gasteiger partial charge in [0.2, 0.25) is 0 Å². The van der Waals surface area contributed by atoms with Gasteiger partial charge in [-0.1, -0.05) is 115 Å². The van der Waals surface area contributed by atoms with E-state index in [4.69, 9.17) is 4.98 Å². The average Bonchev–Trinajstić information content (AvgIpc) is 4.07. The molecule has 0 aliphatic carbocycles. The van der Waals surface area contributed by atoms with Gasteiger partial charge in [0.25, 0.3) is 6.71 Å². The van der Waals surface area contributed by atoms with Gasteiger partial charge < -0.3 is 14.7 Å². The van der Waals surface area contributed by atoms with Crippen LogP contribution < -0.4 is 36.0 Å². The van der Waals surface area contributed by atoms with Gasteiger partial charge in [-0.15, -0.1) is 0 Å². The van der Waals surface area contributed by atoms with Gasteiger partial charge in [0.15, 0.2) is 0 Å². The van der Waals surface area contributed by atoms with E-state index >= 15 is 0 Å². The van der Waals surface area contributed by atoms with Crippen molar-refractivity contribution in [3.63, 3.8) is 0 Å². The fourth-order valence-corrected chi connectivity index (χ4v) is 9.50. The molecule has 12 rings (SSSR count). The Kier molecular flexibility index (Phi) is 8.20. The molecule has 7 aromatic carbocycles. The van der Waals surface area contributed by atoms with E-state index in [1.165, 1.54) is 44.3 Å². The van der Waals surface area contributed by atoms with Crippen molar-refractivity contribution in [2.75, 3.05) is 26.3 Å². The van der Waals surface area contributed by atoms with Crippen LogP contribution in [0.1, 0.15) is 0 Å². The van der Waals surface area contributed by atoms with Gasteiger partial charge in [-0.3, -0.25) is 4.90 Å². The van der Waals surface area contributed by atoms with Crippen LogP contribution in [-0.2, 0) is 0 Å². The van der Waals surface area contributed by atoms with Crippen LogP contribution in [0.5, 0.6) is 0 Å². The third-order valence-corrected chi connectivity index (χ3v) is 12.2. The van der Waals surface area contributed by atoms with Crippen molar-refractivity contribution >= 4 is 68.7 Å². The standard InChI is InChI=1S/C53H38BN7/c1-5-15-38(16-6-1)44-23-13-24-45(39-17-7-2-8-18-39)52(44)58-34-33-57(37-58)42-25-27-48-46(35-42)54-47-36-43(59-32-14-30-56-59)26-28-49(47)61(41-21-11-4-12-22-41)53-51(54)50(29-31-55-53)60(48)40-19-9-3-10-20-40/h1-36H,37H2. The predicted octanol–water partition coefficient (Wildman–Crippen LogP) is 10.4.